The van der Waals surface area contributed by atoms with Gasteiger partial charge in [0.15, 0.2) is 6.29 Å². The van der Waals surface area contributed by atoms with Gasteiger partial charge < -0.3 is 0 Å². The fourth-order valence-corrected chi connectivity index (χ4v) is 1.14. The first-order chi connectivity index (χ1) is 5.93. The molecule has 0 saturated heterocycles. The van der Waals surface area contributed by atoms with Crippen LogP contribution in [0.5, 0.6) is 0 Å². The lowest BCUT2D eigenvalue weighted by Gasteiger charge is -2.17. The Balaban J connectivity index is 2.95. The molecule has 0 saturated carbocycles. The molecule has 1 aliphatic rings. The summed E-state index contributed by atoms with van der Waals surface area (Å²) in [5.74, 6) is -0.283. The molecule has 0 fully saturated rings. The Morgan fingerprint density at radius 3 is 2.69 bits per heavy atom. The molecule has 2 nitrogen and oxygen atoms in total. The molecule has 0 bridgehead atoms. The summed E-state index contributed by atoms with van der Waals surface area (Å²) in [6, 6.07) is 0. The number of allylic oxidation sites excluding steroid dienone is 2. The summed E-state index contributed by atoms with van der Waals surface area (Å²) in [5.41, 5.74) is -1.00. The maximum Gasteiger partial charge on any atom is 0.429 e. The van der Waals surface area contributed by atoms with Crippen LogP contribution in [0.25, 0.3) is 0 Å². The van der Waals surface area contributed by atoms with Crippen LogP contribution < -0.4 is 0 Å². The Hall–Kier alpha value is -1.13. The number of carbonyl (C=O) groups is 1. The highest BCUT2D eigenvalue weighted by Gasteiger charge is 2.37. The van der Waals surface area contributed by atoms with Gasteiger partial charge in [-0.05, 0) is 5.92 Å². The van der Waals surface area contributed by atoms with E-state index in [1.54, 1.807) is 6.92 Å². The molecular weight excluding hydrogens is 183 g/mol. The highest BCUT2D eigenvalue weighted by Crippen LogP contribution is 2.26. The quantitative estimate of drug-likeness (QED) is 0.583. The van der Waals surface area contributed by atoms with Crippen LogP contribution in [-0.4, -0.2) is 18.2 Å². The highest BCUT2D eigenvalue weighted by molar-refractivity contribution is 5.94. The molecule has 5 heteroatoms. The van der Waals surface area contributed by atoms with Crippen molar-refractivity contribution in [2.24, 2.45) is 10.9 Å². The second-order valence-electron chi connectivity index (χ2n) is 2.95. The van der Waals surface area contributed by atoms with Gasteiger partial charge in [0.2, 0.25) is 0 Å². The molecule has 13 heavy (non-hydrogen) atoms. The van der Waals surface area contributed by atoms with Gasteiger partial charge in [0, 0.05) is 6.42 Å². The molecule has 1 unspecified atom stereocenters. The van der Waals surface area contributed by atoms with Gasteiger partial charge in [-0.1, -0.05) is 13.0 Å². The minimum Gasteiger partial charge on any atom is -0.296 e. The van der Waals surface area contributed by atoms with Crippen molar-refractivity contribution in [3.63, 3.8) is 0 Å². The largest absolute Gasteiger partial charge is 0.429 e. The van der Waals surface area contributed by atoms with E-state index in [1.807, 2.05) is 0 Å². The zero-order chi connectivity index (χ0) is 10.1. The zero-order valence-corrected chi connectivity index (χ0v) is 6.93. The lowest BCUT2D eigenvalue weighted by molar-refractivity contribution is -0.105. The molecule has 72 valence electrons. The molecule has 1 atom stereocenters. The van der Waals surface area contributed by atoms with Crippen molar-refractivity contribution >= 4 is 12.0 Å². The first kappa shape index (κ1) is 9.95. The van der Waals surface area contributed by atoms with Crippen LogP contribution in [0.15, 0.2) is 16.8 Å². The van der Waals surface area contributed by atoms with Crippen LogP contribution in [0.2, 0.25) is 0 Å². The van der Waals surface area contributed by atoms with Crippen LogP contribution in [-0.2, 0) is 4.79 Å². The van der Waals surface area contributed by atoms with Crippen molar-refractivity contribution in [3.05, 3.63) is 11.8 Å². The first-order valence-corrected chi connectivity index (χ1v) is 3.75. The average molecular weight is 191 g/mol. The Bertz CT molecular complexity index is 278. The minimum absolute atomic E-state index is 0.133. The van der Waals surface area contributed by atoms with Crippen LogP contribution >= 0.6 is 0 Å². The van der Waals surface area contributed by atoms with E-state index in [-0.39, 0.29) is 18.0 Å². The van der Waals surface area contributed by atoms with E-state index < -0.39 is 11.9 Å². The van der Waals surface area contributed by atoms with E-state index in [9.17, 15) is 18.0 Å². The Morgan fingerprint density at radius 2 is 2.23 bits per heavy atom. The summed E-state index contributed by atoms with van der Waals surface area (Å²) in [6.07, 6.45) is -2.80. The van der Waals surface area contributed by atoms with E-state index in [2.05, 4.69) is 4.99 Å². The van der Waals surface area contributed by atoms with Crippen molar-refractivity contribution in [2.75, 3.05) is 0 Å². The molecule has 0 N–H and O–H groups in total. The van der Waals surface area contributed by atoms with E-state index >= 15 is 0 Å². The minimum atomic E-state index is -4.42. The van der Waals surface area contributed by atoms with Crippen molar-refractivity contribution in [3.8, 4) is 0 Å². The Morgan fingerprint density at radius 1 is 1.62 bits per heavy atom. The first-order valence-electron chi connectivity index (χ1n) is 3.75. The molecule has 1 rings (SSSR count). The van der Waals surface area contributed by atoms with Gasteiger partial charge in [-0.3, -0.25) is 4.79 Å². The predicted octanol–water partition coefficient (Wildman–Crippen LogP) is 2.11. The number of hydrogen-bond acceptors (Lipinski definition) is 2. The SMILES string of the molecule is CC1C=C(C=O)N=C(C(F)(F)F)C1. The third kappa shape index (κ3) is 2.40. The van der Waals surface area contributed by atoms with E-state index in [0.29, 0.717) is 6.29 Å². The molecule has 0 spiro atoms. The topological polar surface area (TPSA) is 29.4 Å². The van der Waals surface area contributed by atoms with Gasteiger partial charge >= 0.3 is 6.18 Å². The number of alkyl halides is 3. The summed E-state index contributed by atoms with van der Waals surface area (Å²) in [5, 5.41) is 0. The molecule has 0 aromatic rings. The summed E-state index contributed by atoms with van der Waals surface area (Å²) >= 11 is 0. The van der Waals surface area contributed by atoms with Crippen LogP contribution in [0, 0.1) is 5.92 Å². The van der Waals surface area contributed by atoms with Gasteiger partial charge in [-0.2, -0.15) is 13.2 Å². The second kappa shape index (κ2) is 3.32. The number of nitrogens with zero attached hydrogens (tertiary/aromatic N) is 1. The van der Waals surface area contributed by atoms with Crippen molar-refractivity contribution in [1.82, 2.24) is 0 Å². The normalized spacial score (nSPS) is 23.5. The van der Waals surface area contributed by atoms with Crippen molar-refractivity contribution in [2.45, 2.75) is 19.5 Å². The Labute approximate surface area is 73.2 Å². The monoisotopic (exact) mass is 191 g/mol. The number of hydrogen-bond donors (Lipinski definition) is 0. The van der Waals surface area contributed by atoms with Crippen molar-refractivity contribution < 1.29 is 18.0 Å². The summed E-state index contributed by atoms with van der Waals surface area (Å²) in [7, 11) is 0. The third-order valence-electron chi connectivity index (χ3n) is 1.68. The lowest BCUT2D eigenvalue weighted by atomic mass is 10.00. The second-order valence-corrected chi connectivity index (χ2v) is 2.95. The van der Waals surface area contributed by atoms with E-state index in [0.717, 1.165) is 0 Å². The molecule has 0 aromatic heterocycles. The summed E-state index contributed by atoms with van der Waals surface area (Å²) in [6.45, 7) is 1.62. The number of aliphatic imine (C=N–C) groups is 1. The molecule has 0 aliphatic carbocycles. The van der Waals surface area contributed by atoms with E-state index in [1.165, 1.54) is 6.08 Å². The fourth-order valence-electron chi connectivity index (χ4n) is 1.14. The smallest absolute Gasteiger partial charge is 0.296 e. The fraction of sp³-hybridized carbons (Fsp3) is 0.500. The number of carbonyl (C=O) groups excluding carboxylic acids is 1. The summed E-state index contributed by atoms with van der Waals surface area (Å²) < 4.78 is 36.5. The zero-order valence-electron chi connectivity index (χ0n) is 6.93. The van der Waals surface area contributed by atoms with Crippen LogP contribution in [0.1, 0.15) is 13.3 Å². The molecule has 0 aromatic carbocycles. The average Bonchev–Trinajstić information content (AvgIpc) is 2.01. The molecular formula is C8H8F3NO. The van der Waals surface area contributed by atoms with Gasteiger partial charge in [0.1, 0.15) is 5.71 Å². The number of rotatable bonds is 1. The van der Waals surface area contributed by atoms with Gasteiger partial charge in [-0.15, -0.1) is 0 Å². The molecule has 1 heterocycles. The molecule has 1 aliphatic heterocycles. The molecule has 0 amide bonds. The maximum atomic E-state index is 12.2. The van der Waals surface area contributed by atoms with E-state index in [4.69, 9.17) is 0 Å². The highest BCUT2D eigenvalue weighted by atomic mass is 19.4. The summed E-state index contributed by atoms with van der Waals surface area (Å²) in [4.78, 5) is 13.4. The number of halogens is 3. The maximum absolute atomic E-state index is 12.2. The standard InChI is InChI=1S/C8H8F3NO/c1-5-2-6(4-13)12-7(3-5)8(9,10)11/h2,4-5H,3H2,1H3. The molecule has 0 radical (unpaired) electrons. The van der Waals surface area contributed by atoms with Crippen molar-refractivity contribution in [1.29, 1.82) is 0 Å². The van der Waals surface area contributed by atoms with Gasteiger partial charge in [0.25, 0.3) is 0 Å². The predicted molar refractivity (Wildman–Crippen MR) is 41.4 cm³/mol. The number of aldehydes is 1. The lowest BCUT2D eigenvalue weighted by Crippen LogP contribution is -2.27. The van der Waals surface area contributed by atoms with Crippen LogP contribution in [0.3, 0.4) is 0 Å². The van der Waals surface area contributed by atoms with Gasteiger partial charge in [-0.25, -0.2) is 4.99 Å². The van der Waals surface area contributed by atoms with Crippen LogP contribution in [0.4, 0.5) is 13.2 Å². The van der Waals surface area contributed by atoms with Gasteiger partial charge in [0.05, 0.1) is 5.70 Å². The third-order valence-corrected chi connectivity index (χ3v) is 1.68. The Kier molecular flexibility index (Phi) is 2.54.